The van der Waals surface area contributed by atoms with Crippen LogP contribution in [0.5, 0.6) is 0 Å². The van der Waals surface area contributed by atoms with Crippen molar-refractivity contribution in [1.29, 1.82) is 0 Å². The lowest BCUT2D eigenvalue weighted by Gasteiger charge is -2.23. The van der Waals surface area contributed by atoms with E-state index in [2.05, 4.69) is 185 Å². The zero-order chi connectivity index (χ0) is 34.6. The molecule has 0 radical (unpaired) electrons. The van der Waals surface area contributed by atoms with E-state index in [1.165, 1.54) is 105 Å². The average Bonchev–Trinajstić information content (AvgIpc) is 3.60. The Kier molecular flexibility index (Phi) is 6.39. The zero-order valence-corrected chi connectivity index (χ0v) is 30.9. The monoisotopic (exact) mass is 668 g/mol. The van der Waals surface area contributed by atoms with Gasteiger partial charge in [-0.25, -0.2) is 0 Å². The normalized spacial score (nSPS) is 13.7. The van der Waals surface area contributed by atoms with Crippen LogP contribution in [-0.2, 0) is 5.41 Å². The summed E-state index contributed by atoms with van der Waals surface area (Å²) in [6.45, 7) is 12.0. The number of benzene rings is 8. The second kappa shape index (κ2) is 10.7. The van der Waals surface area contributed by atoms with Gasteiger partial charge in [-0.3, -0.25) is 0 Å². The molecule has 0 nitrogen and oxygen atoms in total. The van der Waals surface area contributed by atoms with Crippen LogP contribution in [0.4, 0.5) is 0 Å². The van der Waals surface area contributed by atoms with Crippen molar-refractivity contribution in [3.63, 3.8) is 0 Å². The molecule has 51 heavy (non-hydrogen) atoms. The molecule has 0 saturated carbocycles. The lowest BCUT2D eigenvalue weighted by Crippen LogP contribution is -2.37. The van der Waals surface area contributed by atoms with Crippen molar-refractivity contribution in [3.8, 4) is 66.8 Å². The van der Waals surface area contributed by atoms with Gasteiger partial charge in [-0.1, -0.05) is 166 Å². The maximum atomic E-state index is 2.44. The van der Waals surface area contributed by atoms with E-state index < -0.39 is 8.07 Å². The third-order valence-corrected chi connectivity index (χ3v) is 13.9. The van der Waals surface area contributed by atoms with Gasteiger partial charge in [0.15, 0.2) is 0 Å². The van der Waals surface area contributed by atoms with E-state index in [-0.39, 0.29) is 5.41 Å². The van der Waals surface area contributed by atoms with Gasteiger partial charge in [-0.15, -0.1) is 0 Å². The van der Waals surface area contributed by atoms with Crippen molar-refractivity contribution in [2.75, 3.05) is 0 Å². The molecule has 0 spiro atoms. The summed E-state index contributed by atoms with van der Waals surface area (Å²) >= 11 is 0. The molecule has 2 aliphatic rings. The molecular formula is C50H40Si. The molecule has 8 aromatic rings. The molecule has 244 valence electrons. The van der Waals surface area contributed by atoms with Crippen molar-refractivity contribution in [3.05, 3.63) is 163 Å². The lowest BCUT2D eigenvalue weighted by molar-refractivity contribution is 0.661. The van der Waals surface area contributed by atoms with Crippen molar-refractivity contribution in [2.24, 2.45) is 0 Å². The molecule has 0 aromatic heterocycles. The summed E-state index contributed by atoms with van der Waals surface area (Å²) in [5, 5.41) is 6.74. The smallest absolute Gasteiger partial charge is 0.0656 e. The zero-order valence-electron chi connectivity index (χ0n) is 29.9. The van der Waals surface area contributed by atoms with Gasteiger partial charge in [0.1, 0.15) is 0 Å². The number of hydrogen-bond acceptors (Lipinski definition) is 0. The number of fused-ring (bicyclic) bond motifs is 7. The van der Waals surface area contributed by atoms with Crippen LogP contribution in [0.1, 0.15) is 25.0 Å². The highest BCUT2D eigenvalue weighted by atomic mass is 28.3. The summed E-state index contributed by atoms with van der Waals surface area (Å²) in [4.78, 5) is 0. The third kappa shape index (κ3) is 4.58. The van der Waals surface area contributed by atoms with Crippen LogP contribution in [0.2, 0.25) is 19.6 Å². The highest BCUT2D eigenvalue weighted by Gasteiger charge is 2.36. The molecule has 0 fully saturated rings. The molecule has 1 heteroatoms. The first-order chi connectivity index (χ1) is 24.6. The van der Waals surface area contributed by atoms with E-state index in [0.717, 1.165) is 0 Å². The fourth-order valence-electron chi connectivity index (χ4n) is 8.91. The Morgan fingerprint density at radius 1 is 0.373 bits per heavy atom. The van der Waals surface area contributed by atoms with E-state index in [4.69, 9.17) is 0 Å². The standard InChI is InChI=1S/C50H40Si/c1-50(2)47-29-35(31-17-21-38(22-18-31)51(3,4)5)19-23-42(47)43-24-20-36(30-48(43)50)33-13-14-34-28-37(16-15-32(34)27-33)39-25-26-46-41-10-7-6-9-40(41)45-12-8-11-44(39)49(45)46/h6-30H,1-5H3. The summed E-state index contributed by atoms with van der Waals surface area (Å²) in [7, 11) is -1.33. The van der Waals surface area contributed by atoms with Crippen molar-refractivity contribution in [2.45, 2.75) is 38.9 Å². The van der Waals surface area contributed by atoms with Gasteiger partial charge in [0.2, 0.25) is 0 Å². The molecule has 0 N–H and O–H groups in total. The first-order valence-electron chi connectivity index (χ1n) is 18.3. The minimum Gasteiger partial charge on any atom is -0.0656 e. The molecule has 10 rings (SSSR count). The van der Waals surface area contributed by atoms with Crippen LogP contribution in [-0.4, -0.2) is 8.07 Å². The summed E-state index contributed by atoms with van der Waals surface area (Å²) in [6.07, 6.45) is 0. The first kappa shape index (κ1) is 30.3. The minimum absolute atomic E-state index is 0.0816. The van der Waals surface area contributed by atoms with E-state index in [9.17, 15) is 0 Å². The molecule has 0 bridgehead atoms. The van der Waals surface area contributed by atoms with Gasteiger partial charge < -0.3 is 0 Å². The Morgan fingerprint density at radius 3 is 1.49 bits per heavy atom. The first-order valence-corrected chi connectivity index (χ1v) is 21.8. The predicted octanol–water partition coefficient (Wildman–Crippen LogP) is 13.5. The van der Waals surface area contributed by atoms with Gasteiger partial charge >= 0.3 is 0 Å². The van der Waals surface area contributed by atoms with E-state index >= 15 is 0 Å². The van der Waals surface area contributed by atoms with Crippen molar-refractivity contribution >= 4 is 34.8 Å². The third-order valence-electron chi connectivity index (χ3n) is 11.8. The summed E-state index contributed by atoms with van der Waals surface area (Å²) in [6, 6.07) is 57.7. The summed E-state index contributed by atoms with van der Waals surface area (Å²) in [5.74, 6) is 0. The fraction of sp³-hybridized carbons (Fsp3) is 0.120. The summed E-state index contributed by atoms with van der Waals surface area (Å²) in [5.41, 5.74) is 18.5. The Hall–Kier alpha value is -5.50. The lowest BCUT2D eigenvalue weighted by atomic mass is 9.81. The Bertz CT molecular complexity index is 2710. The average molecular weight is 669 g/mol. The SMILES string of the molecule is CC1(C)c2cc(-c3ccc([Si](C)(C)C)cc3)ccc2-c2ccc(-c3ccc4cc(-c5ccc6c7c(cccc57)-c5ccccc5-6)ccc4c3)cc21. The largest absolute Gasteiger partial charge is 0.0775 e. The maximum absolute atomic E-state index is 2.44. The van der Waals surface area contributed by atoms with Crippen LogP contribution in [0.15, 0.2) is 152 Å². The van der Waals surface area contributed by atoms with Crippen LogP contribution in [0.3, 0.4) is 0 Å². The fourth-order valence-corrected chi connectivity index (χ4v) is 10.1. The molecule has 2 aliphatic carbocycles. The molecule has 0 saturated heterocycles. The van der Waals surface area contributed by atoms with Crippen molar-refractivity contribution < 1.29 is 0 Å². The highest BCUT2D eigenvalue weighted by Crippen LogP contribution is 2.51. The van der Waals surface area contributed by atoms with E-state index in [1.54, 1.807) is 0 Å². The Balaban J connectivity index is 0.983. The van der Waals surface area contributed by atoms with Gasteiger partial charge in [0.05, 0.1) is 8.07 Å². The predicted molar refractivity (Wildman–Crippen MR) is 223 cm³/mol. The van der Waals surface area contributed by atoms with Crippen LogP contribution in [0.25, 0.3) is 88.3 Å². The van der Waals surface area contributed by atoms with Crippen LogP contribution in [0, 0.1) is 0 Å². The molecule has 0 heterocycles. The van der Waals surface area contributed by atoms with Gasteiger partial charge in [-0.2, -0.15) is 0 Å². The number of rotatable bonds is 4. The summed E-state index contributed by atoms with van der Waals surface area (Å²) < 4.78 is 0. The van der Waals surface area contributed by atoms with E-state index in [1.807, 2.05) is 0 Å². The minimum atomic E-state index is -1.33. The number of hydrogen-bond donors (Lipinski definition) is 0. The van der Waals surface area contributed by atoms with E-state index in [0.29, 0.717) is 0 Å². The Morgan fingerprint density at radius 2 is 0.843 bits per heavy atom. The Labute approximate surface area is 302 Å². The topological polar surface area (TPSA) is 0 Å². The quantitative estimate of drug-likeness (QED) is 0.164. The van der Waals surface area contributed by atoms with Crippen molar-refractivity contribution in [1.82, 2.24) is 0 Å². The van der Waals surface area contributed by atoms with Gasteiger partial charge in [0.25, 0.3) is 0 Å². The molecule has 8 aromatic carbocycles. The van der Waals surface area contributed by atoms with Crippen LogP contribution >= 0.6 is 0 Å². The highest BCUT2D eigenvalue weighted by molar-refractivity contribution is 6.88. The van der Waals surface area contributed by atoms with Crippen LogP contribution < -0.4 is 5.19 Å². The maximum Gasteiger partial charge on any atom is 0.0775 e. The molecule has 0 unspecified atom stereocenters. The van der Waals surface area contributed by atoms with Gasteiger partial charge in [-0.05, 0) is 124 Å². The second-order valence-electron chi connectivity index (χ2n) is 16.2. The second-order valence-corrected chi connectivity index (χ2v) is 21.3. The molecule has 0 aliphatic heterocycles. The molecule has 0 amide bonds. The van der Waals surface area contributed by atoms with Gasteiger partial charge in [0, 0.05) is 5.41 Å². The molecular weight excluding hydrogens is 629 g/mol. The molecule has 0 atom stereocenters.